The minimum absolute atomic E-state index is 0.213. The van der Waals surface area contributed by atoms with Gasteiger partial charge in [0, 0.05) is 17.3 Å². The quantitative estimate of drug-likeness (QED) is 0.611. The molecule has 0 aliphatic rings. The molecule has 0 saturated heterocycles. The van der Waals surface area contributed by atoms with Crippen LogP contribution in [0, 0.1) is 0 Å². The third kappa shape index (κ3) is 3.34. The van der Waals surface area contributed by atoms with Gasteiger partial charge in [0.1, 0.15) is 5.75 Å². The number of nitrogens with two attached hydrogens (primary N) is 1. The highest BCUT2D eigenvalue weighted by atomic mass is 35.5. The van der Waals surface area contributed by atoms with Crippen molar-refractivity contribution in [2.24, 2.45) is 0 Å². The van der Waals surface area contributed by atoms with Gasteiger partial charge in [-0.15, -0.1) is 0 Å². The molecule has 0 radical (unpaired) electrons. The Bertz CT molecular complexity index is 922. The number of halogens is 2. The summed E-state index contributed by atoms with van der Waals surface area (Å²) in [6, 6.07) is 9.31. The highest BCUT2D eigenvalue weighted by Gasteiger charge is 2.23. The molecule has 1 aromatic heterocycles. The Labute approximate surface area is 156 Å². The van der Waals surface area contributed by atoms with Crippen molar-refractivity contribution in [2.75, 3.05) is 12.8 Å². The molecule has 132 valence electrons. The summed E-state index contributed by atoms with van der Waals surface area (Å²) in [6.45, 7) is 6.24. The second-order valence-electron chi connectivity index (χ2n) is 6.67. The van der Waals surface area contributed by atoms with E-state index >= 15 is 0 Å². The zero-order chi connectivity index (χ0) is 18.4. The number of methoxy groups -OCH3 is 1. The molecule has 0 amide bonds. The van der Waals surface area contributed by atoms with E-state index in [0.29, 0.717) is 33.2 Å². The zero-order valence-electron chi connectivity index (χ0n) is 14.4. The molecule has 0 unspecified atom stereocenters. The molecule has 5 nitrogen and oxygen atoms in total. The molecular formula is C18H19Cl2N3O2. The van der Waals surface area contributed by atoms with Crippen LogP contribution in [0.2, 0.25) is 10.0 Å². The van der Waals surface area contributed by atoms with Crippen LogP contribution in [0.3, 0.4) is 0 Å². The molecule has 2 N–H and O–H groups in total. The smallest absolute Gasteiger partial charge is 0.297 e. The predicted molar refractivity (Wildman–Crippen MR) is 102 cm³/mol. The van der Waals surface area contributed by atoms with E-state index in [2.05, 4.69) is 25.8 Å². The molecular weight excluding hydrogens is 361 g/mol. The van der Waals surface area contributed by atoms with Crippen LogP contribution in [0.25, 0.3) is 11.0 Å². The van der Waals surface area contributed by atoms with Crippen LogP contribution in [-0.4, -0.2) is 16.7 Å². The van der Waals surface area contributed by atoms with Crippen molar-refractivity contribution in [1.82, 2.24) is 9.55 Å². The van der Waals surface area contributed by atoms with Crippen molar-refractivity contribution in [1.29, 1.82) is 0 Å². The van der Waals surface area contributed by atoms with Gasteiger partial charge in [-0.3, -0.25) is 4.57 Å². The first kappa shape index (κ1) is 17.7. The van der Waals surface area contributed by atoms with Gasteiger partial charge in [0.05, 0.1) is 28.2 Å². The largest absolute Gasteiger partial charge is 0.468 e. The summed E-state index contributed by atoms with van der Waals surface area (Å²) in [4.78, 5) is 4.51. The Morgan fingerprint density at radius 3 is 2.28 bits per heavy atom. The SMILES string of the molecule is COc1nc2ccc(Oc3c(Cl)cc(N)cc3Cl)cc2n1C(C)(C)C. The van der Waals surface area contributed by atoms with Crippen LogP contribution in [0.1, 0.15) is 20.8 Å². The molecule has 0 aliphatic carbocycles. The molecule has 25 heavy (non-hydrogen) atoms. The average Bonchev–Trinajstić information content (AvgIpc) is 2.88. The van der Waals surface area contributed by atoms with Crippen LogP contribution in [0.4, 0.5) is 5.69 Å². The standard InChI is InChI=1S/C18H19Cl2N3O2/c1-18(2,3)23-15-9-11(5-6-14(15)22-17(23)24-4)25-16-12(19)7-10(21)8-13(16)20/h5-9H,21H2,1-4H3. The van der Waals surface area contributed by atoms with Crippen molar-refractivity contribution < 1.29 is 9.47 Å². The van der Waals surface area contributed by atoms with E-state index in [0.717, 1.165) is 11.0 Å². The Morgan fingerprint density at radius 2 is 1.72 bits per heavy atom. The Kier molecular flexibility index (Phi) is 4.47. The lowest BCUT2D eigenvalue weighted by Crippen LogP contribution is -2.22. The van der Waals surface area contributed by atoms with Crippen LogP contribution < -0.4 is 15.2 Å². The van der Waals surface area contributed by atoms with Gasteiger partial charge in [0.25, 0.3) is 6.01 Å². The number of benzene rings is 2. The second kappa shape index (κ2) is 6.32. The van der Waals surface area contributed by atoms with E-state index in [4.69, 9.17) is 38.4 Å². The third-order valence-corrected chi connectivity index (χ3v) is 4.25. The first-order valence-electron chi connectivity index (χ1n) is 7.70. The van der Waals surface area contributed by atoms with Gasteiger partial charge in [-0.1, -0.05) is 23.2 Å². The minimum atomic E-state index is -0.213. The number of anilines is 1. The molecule has 0 saturated carbocycles. The molecule has 0 bridgehead atoms. The van der Waals surface area contributed by atoms with Crippen molar-refractivity contribution in [2.45, 2.75) is 26.3 Å². The number of nitrogen functional groups attached to an aromatic ring is 1. The maximum Gasteiger partial charge on any atom is 0.297 e. The summed E-state index contributed by atoms with van der Waals surface area (Å²) in [5.74, 6) is 0.958. The molecule has 1 heterocycles. The number of rotatable bonds is 3. The van der Waals surface area contributed by atoms with Crippen LogP contribution in [0.15, 0.2) is 30.3 Å². The van der Waals surface area contributed by atoms with Gasteiger partial charge in [-0.2, -0.15) is 4.98 Å². The molecule has 3 rings (SSSR count). The highest BCUT2D eigenvalue weighted by Crippen LogP contribution is 2.39. The fourth-order valence-electron chi connectivity index (χ4n) is 2.68. The Hall–Kier alpha value is -2.11. The van der Waals surface area contributed by atoms with E-state index in [1.165, 1.54) is 0 Å². The molecule has 0 atom stereocenters. The van der Waals surface area contributed by atoms with E-state index in [-0.39, 0.29) is 5.54 Å². The third-order valence-electron chi connectivity index (χ3n) is 3.69. The van der Waals surface area contributed by atoms with E-state index in [1.807, 2.05) is 22.8 Å². The average molecular weight is 380 g/mol. The molecule has 0 aliphatic heterocycles. The highest BCUT2D eigenvalue weighted by molar-refractivity contribution is 6.37. The number of hydrogen-bond donors (Lipinski definition) is 1. The van der Waals surface area contributed by atoms with Gasteiger partial charge < -0.3 is 15.2 Å². The fraction of sp³-hybridized carbons (Fsp3) is 0.278. The van der Waals surface area contributed by atoms with Gasteiger partial charge in [-0.25, -0.2) is 0 Å². The number of imidazole rings is 1. The Balaban J connectivity index is 2.10. The molecule has 7 heteroatoms. The second-order valence-corrected chi connectivity index (χ2v) is 7.49. The molecule has 0 spiro atoms. The van der Waals surface area contributed by atoms with Gasteiger partial charge in [0.15, 0.2) is 5.75 Å². The lowest BCUT2D eigenvalue weighted by molar-refractivity contribution is 0.304. The van der Waals surface area contributed by atoms with Crippen molar-refractivity contribution in [3.05, 3.63) is 40.4 Å². The number of hydrogen-bond acceptors (Lipinski definition) is 4. The summed E-state index contributed by atoms with van der Waals surface area (Å²) in [5, 5.41) is 0.707. The topological polar surface area (TPSA) is 62.3 Å². The van der Waals surface area contributed by atoms with E-state index in [1.54, 1.807) is 19.2 Å². The van der Waals surface area contributed by atoms with Gasteiger partial charge >= 0.3 is 0 Å². The first-order chi connectivity index (χ1) is 11.7. The number of aromatic nitrogens is 2. The van der Waals surface area contributed by atoms with Crippen LogP contribution in [0.5, 0.6) is 17.5 Å². The maximum atomic E-state index is 6.21. The summed E-state index contributed by atoms with van der Waals surface area (Å²) in [6.07, 6.45) is 0. The number of ether oxygens (including phenoxy) is 2. The number of nitrogens with zero attached hydrogens (tertiary/aromatic N) is 2. The van der Waals surface area contributed by atoms with E-state index < -0.39 is 0 Å². The summed E-state index contributed by atoms with van der Waals surface area (Å²) in [5.41, 5.74) is 7.71. The summed E-state index contributed by atoms with van der Waals surface area (Å²) in [7, 11) is 1.61. The minimum Gasteiger partial charge on any atom is -0.468 e. The summed E-state index contributed by atoms with van der Waals surface area (Å²) >= 11 is 12.4. The van der Waals surface area contributed by atoms with E-state index in [9.17, 15) is 0 Å². The lowest BCUT2D eigenvalue weighted by atomic mass is 10.1. The first-order valence-corrected chi connectivity index (χ1v) is 8.45. The fourth-order valence-corrected chi connectivity index (χ4v) is 3.26. The number of fused-ring (bicyclic) bond motifs is 1. The zero-order valence-corrected chi connectivity index (χ0v) is 15.9. The molecule has 2 aromatic carbocycles. The van der Waals surface area contributed by atoms with Gasteiger partial charge in [-0.05, 0) is 45.0 Å². The van der Waals surface area contributed by atoms with Crippen molar-refractivity contribution >= 4 is 39.9 Å². The van der Waals surface area contributed by atoms with Crippen LogP contribution >= 0.6 is 23.2 Å². The Morgan fingerprint density at radius 1 is 1.08 bits per heavy atom. The maximum absolute atomic E-state index is 6.21. The van der Waals surface area contributed by atoms with Gasteiger partial charge in [0.2, 0.25) is 0 Å². The molecule has 0 fully saturated rings. The summed E-state index contributed by atoms with van der Waals surface area (Å²) < 4.78 is 13.3. The van der Waals surface area contributed by atoms with Crippen molar-refractivity contribution in [3.63, 3.8) is 0 Å². The van der Waals surface area contributed by atoms with Crippen molar-refractivity contribution in [3.8, 4) is 17.5 Å². The van der Waals surface area contributed by atoms with Crippen LogP contribution in [-0.2, 0) is 5.54 Å². The lowest BCUT2D eigenvalue weighted by Gasteiger charge is -2.23. The molecule has 3 aromatic rings. The normalized spacial score (nSPS) is 11.8. The predicted octanol–water partition coefficient (Wildman–Crippen LogP) is 5.48. The monoisotopic (exact) mass is 379 g/mol.